The van der Waals surface area contributed by atoms with Crippen molar-refractivity contribution in [2.75, 3.05) is 11.6 Å². The maximum Gasteiger partial charge on any atom is 0.351 e. The van der Waals surface area contributed by atoms with E-state index in [1.807, 2.05) is 13.8 Å². The topological polar surface area (TPSA) is 114 Å². The Balaban J connectivity index is 2.31. The molecule has 174 valence electrons. The zero-order valence-electron chi connectivity index (χ0n) is 18.0. The first-order chi connectivity index (χ1) is 14.8. The molecule has 31 heavy (non-hydrogen) atoms. The van der Waals surface area contributed by atoms with Crippen LogP contribution in [0.5, 0.6) is 0 Å². The molecule has 0 aliphatic carbocycles. The minimum absolute atomic E-state index is 0.00354. The van der Waals surface area contributed by atoms with Crippen LogP contribution >= 0.6 is 11.6 Å². The standard InChI is InChI=1S/C21H31ClFN3O5/c1-3-5-7-14(27)9-11-21(13-22)18(30-16(28)8-6-4-2)17(23)19(31-21)26-12-10-15(24)25-20(26)29/h10,12,17-19H,3-9,11,13H2,1-2H3,(H2,24,25,29)/t17-,18+,19-,21+/m1/s1. The van der Waals surface area contributed by atoms with Gasteiger partial charge in [0.05, 0.1) is 5.88 Å². The number of carbonyl (C=O) groups excluding carboxylic acids is 2. The van der Waals surface area contributed by atoms with E-state index in [0.29, 0.717) is 12.8 Å². The van der Waals surface area contributed by atoms with E-state index in [-0.39, 0.29) is 36.7 Å². The van der Waals surface area contributed by atoms with Crippen molar-refractivity contribution in [3.05, 3.63) is 22.7 Å². The first-order valence-corrected chi connectivity index (χ1v) is 11.2. The molecule has 0 amide bonds. The second kappa shape index (κ2) is 11.6. The summed E-state index contributed by atoms with van der Waals surface area (Å²) in [6.45, 7) is 3.90. The summed E-state index contributed by atoms with van der Waals surface area (Å²) in [5.41, 5.74) is 3.27. The van der Waals surface area contributed by atoms with Gasteiger partial charge >= 0.3 is 11.7 Å². The normalized spacial score (nSPS) is 25.5. The number of carbonyl (C=O) groups is 2. The molecule has 0 unspecified atom stereocenters. The van der Waals surface area contributed by atoms with Gasteiger partial charge in [0.15, 0.2) is 18.5 Å². The van der Waals surface area contributed by atoms with Crippen molar-refractivity contribution in [3.8, 4) is 0 Å². The maximum atomic E-state index is 15.5. The number of esters is 1. The number of halogens is 2. The number of hydrogen-bond acceptors (Lipinski definition) is 7. The Morgan fingerprint density at radius 3 is 2.58 bits per heavy atom. The van der Waals surface area contributed by atoms with E-state index < -0.39 is 35.8 Å². The van der Waals surface area contributed by atoms with Gasteiger partial charge in [-0.3, -0.25) is 14.2 Å². The van der Waals surface area contributed by atoms with Crippen molar-refractivity contribution in [2.45, 2.75) is 89.3 Å². The van der Waals surface area contributed by atoms with Gasteiger partial charge in [0.25, 0.3) is 0 Å². The van der Waals surface area contributed by atoms with Crippen LogP contribution in [0.4, 0.5) is 10.2 Å². The summed E-state index contributed by atoms with van der Waals surface area (Å²) in [7, 11) is 0. The van der Waals surface area contributed by atoms with Gasteiger partial charge in [-0.2, -0.15) is 4.98 Å². The first kappa shape index (κ1) is 25.3. The molecule has 2 rings (SSSR count). The number of ether oxygens (including phenoxy) is 2. The lowest BCUT2D eigenvalue weighted by Crippen LogP contribution is -2.47. The van der Waals surface area contributed by atoms with Gasteiger partial charge in [-0.15, -0.1) is 11.6 Å². The molecule has 10 heteroatoms. The van der Waals surface area contributed by atoms with Crippen LogP contribution in [0.2, 0.25) is 0 Å². The summed E-state index contributed by atoms with van der Waals surface area (Å²) in [5.74, 6) is -0.805. The predicted octanol–water partition coefficient (Wildman–Crippen LogP) is 3.31. The predicted molar refractivity (Wildman–Crippen MR) is 115 cm³/mol. The quantitative estimate of drug-likeness (QED) is 0.376. The fourth-order valence-corrected chi connectivity index (χ4v) is 3.91. The van der Waals surface area contributed by atoms with Crippen LogP contribution < -0.4 is 11.4 Å². The number of nitrogen functional groups attached to an aromatic ring is 1. The molecule has 0 bridgehead atoms. The molecule has 1 aromatic rings. The van der Waals surface area contributed by atoms with Crippen molar-refractivity contribution >= 4 is 29.2 Å². The summed E-state index contributed by atoms with van der Waals surface area (Å²) in [6.07, 6.45) is 0.328. The Labute approximate surface area is 186 Å². The molecule has 1 fully saturated rings. The van der Waals surface area contributed by atoms with E-state index in [9.17, 15) is 14.4 Å². The summed E-state index contributed by atoms with van der Waals surface area (Å²) in [6, 6.07) is 1.34. The SMILES string of the molecule is CCCCC(=O)CC[C@@]1(CCl)O[C@@H](n2ccc(N)nc2=O)[C@H](F)[C@@H]1OC(=O)CCCC. The van der Waals surface area contributed by atoms with Gasteiger partial charge in [-0.05, 0) is 25.3 Å². The molecule has 1 aromatic heterocycles. The fraction of sp³-hybridized carbons (Fsp3) is 0.714. The number of anilines is 1. The number of rotatable bonds is 12. The average Bonchev–Trinajstić information content (AvgIpc) is 3.01. The zero-order chi connectivity index (χ0) is 23.0. The summed E-state index contributed by atoms with van der Waals surface area (Å²) >= 11 is 6.20. The van der Waals surface area contributed by atoms with E-state index in [0.717, 1.165) is 23.8 Å². The van der Waals surface area contributed by atoms with Gasteiger partial charge in [0, 0.05) is 25.5 Å². The van der Waals surface area contributed by atoms with Crippen molar-refractivity contribution in [1.29, 1.82) is 0 Å². The Morgan fingerprint density at radius 2 is 1.97 bits per heavy atom. The second-order valence-electron chi connectivity index (χ2n) is 7.85. The Hall–Kier alpha value is -2.00. The second-order valence-corrected chi connectivity index (χ2v) is 8.12. The molecule has 2 heterocycles. The average molecular weight is 460 g/mol. The summed E-state index contributed by atoms with van der Waals surface area (Å²) in [4.78, 5) is 40.4. The van der Waals surface area contributed by atoms with Crippen molar-refractivity contribution in [1.82, 2.24) is 9.55 Å². The third kappa shape index (κ3) is 6.26. The Kier molecular flexibility index (Phi) is 9.43. The van der Waals surface area contributed by atoms with Crippen LogP contribution in [0.25, 0.3) is 0 Å². The first-order valence-electron chi connectivity index (χ1n) is 10.7. The minimum Gasteiger partial charge on any atom is -0.456 e. The molecular weight excluding hydrogens is 429 g/mol. The number of aromatic nitrogens is 2. The highest BCUT2D eigenvalue weighted by molar-refractivity contribution is 6.18. The number of nitrogens with two attached hydrogens (primary N) is 1. The summed E-state index contributed by atoms with van der Waals surface area (Å²) < 4.78 is 27.9. The highest BCUT2D eigenvalue weighted by atomic mass is 35.5. The highest BCUT2D eigenvalue weighted by Gasteiger charge is 2.58. The van der Waals surface area contributed by atoms with Gasteiger partial charge < -0.3 is 15.2 Å². The Bertz CT molecular complexity index is 820. The van der Waals surface area contributed by atoms with E-state index in [1.54, 1.807) is 0 Å². The third-order valence-electron chi connectivity index (χ3n) is 5.42. The van der Waals surface area contributed by atoms with E-state index >= 15 is 4.39 Å². The largest absolute Gasteiger partial charge is 0.456 e. The third-order valence-corrected chi connectivity index (χ3v) is 5.87. The number of unbranched alkanes of at least 4 members (excludes halogenated alkanes) is 2. The van der Waals surface area contributed by atoms with E-state index in [1.165, 1.54) is 12.3 Å². The van der Waals surface area contributed by atoms with Crippen molar-refractivity contribution in [3.63, 3.8) is 0 Å². The van der Waals surface area contributed by atoms with Crippen LogP contribution in [0, 0.1) is 0 Å². The minimum atomic E-state index is -1.88. The lowest BCUT2D eigenvalue weighted by Gasteiger charge is -2.32. The zero-order valence-corrected chi connectivity index (χ0v) is 18.8. The van der Waals surface area contributed by atoms with Crippen LogP contribution in [-0.2, 0) is 19.1 Å². The number of nitrogens with zero attached hydrogens (tertiary/aromatic N) is 2. The molecule has 4 atom stereocenters. The molecule has 8 nitrogen and oxygen atoms in total. The highest BCUT2D eigenvalue weighted by Crippen LogP contribution is 2.44. The molecular formula is C21H31ClFN3O5. The van der Waals surface area contributed by atoms with Gasteiger partial charge in [-0.1, -0.05) is 26.7 Å². The molecule has 1 aliphatic heterocycles. The number of ketones is 1. The van der Waals surface area contributed by atoms with Crippen molar-refractivity contribution < 1.29 is 23.5 Å². The Morgan fingerprint density at radius 1 is 1.29 bits per heavy atom. The molecule has 2 N–H and O–H groups in total. The van der Waals surface area contributed by atoms with Gasteiger partial charge in [-0.25, -0.2) is 9.18 Å². The molecule has 0 saturated carbocycles. The van der Waals surface area contributed by atoms with Crippen LogP contribution in [-0.4, -0.2) is 45.1 Å². The van der Waals surface area contributed by atoms with E-state index in [4.69, 9.17) is 26.8 Å². The molecule has 0 spiro atoms. The van der Waals surface area contributed by atoms with Gasteiger partial charge in [0.1, 0.15) is 17.2 Å². The number of Topliss-reactive ketones (excluding diaryl/α,β-unsaturated/α-hetero) is 1. The summed E-state index contributed by atoms with van der Waals surface area (Å²) in [5, 5.41) is 0. The van der Waals surface area contributed by atoms with Crippen molar-refractivity contribution in [2.24, 2.45) is 0 Å². The van der Waals surface area contributed by atoms with Crippen LogP contribution in [0.1, 0.15) is 71.4 Å². The molecule has 1 saturated heterocycles. The lowest BCUT2D eigenvalue weighted by atomic mass is 9.90. The van der Waals surface area contributed by atoms with Gasteiger partial charge in [0.2, 0.25) is 0 Å². The molecule has 0 aromatic carbocycles. The number of alkyl halides is 2. The monoisotopic (exact) mass is 459 g/mol. The fourth-order valence-electron chi connectivity index (χ4n) is 3.56. The van der Waals surface area contributed by atoms with E-state index in [2.05, 4.69) is 4.98 Å². The van der Waals surface area contributed by atoms with Crippen LogP contribution in [0.15, 0.2) is 17.1 Å². The molecule has 1 aliphatic rings. The molecule has 0 radical (unpaired) electrons. The van der Waals surface area contributed by atoms with Crippen LogP contribution in [0.3, 0.4) is 0 Å². The lowest BCUT2D eigenvalue weighted by molar-refractivity contribution is -0.162. The maximum absolute atomic E-state index is 15.5. The number of hydrogen-bond donors (Lipinski definition) is 1. The smallest absolute Gasteiger partial charge is 0.351 e.